The van der Waals surface area contributed by atoms with Crippen molar-refractivity contribution in [3.63, 3.8) is 0 Å². The molecule has 2 amide bonds. The summed E-state index contributed by atoms with van der Waals surface area (Å²) in [5, 5.41) is 2.75. The summed E-state index contributed by atoms with van der Waals surface area (Å²) in [6.45, 7) is 0.391. The minimum Gasteiger partial charge on any atom is -0.497 e. The van der Waals surface area contributed by atoms with Gasteiger partial charge in [0.15, 0.2) is 0 Å². The van der Waals surface area contributed by atoms with Gasteiger partial charge in [0, 0.05) is 25.4 Å². The van der Waals surface area contributed by atoms with Crippen LogP contribution >= 0.6 is 0 Å². The van der Waals surface area contributed by atoms with Crippen LogP contribution < -0.4 is 10.1 Å². The number of nitrogens with zero attached hydrogens (tertiary/aromatic N) is 1. The number of hydrogen-bond donors (Lipinski definition) is 1. The van der Waals surface area contributed by atoms with E-state index < -0.39 is 0 Å². The predicted octanol–water partition coefficient (Wildman–Crippen LogP) is 2.55. The van der Waals surface area contributed by atoms with E-state index in [0.29, 0.717) is 23.6 Å². The second-order valence-electron chi connectivity index (χ2n) is 5.57. The molecule has 132 valence electrons. The van der Waals surface area contributed by atoms with Crippen molar-refractivity contribution < 1.29 is 19.1 Å². The average molecular weight is 342 g/mol. The number of carbonyl (C=O) groups excluding carboxylic acids is 2. The highest BCUT2D eigenvalue weighted by Gasteiger charge is 2.15. The monoisotopic (exact) mass is 342 g/mol. The molecule has 1 N–H and O–H groups in total. The van der Waals surface area contributed by atoms with Crippen molar-refractivity contribution >= 4 is 17.5 Å². The molecule has 6 nitrogen and oxygen atoms in total. The van der Waals surface area contributed by atoms with Gasteiger partial charge in [-0.25, -0.2) is 0 Å². The van der Waals surface area contributed by atoms with Crippen LogP contribution in [0.4, 0.5) is 5.69 Å². The number of methoxy groups -OCH3 is 2. The predicted molar refractivity (Wildman–Crippen MR) is 95.7 cm³/mol. The first-order chi connectivity index (χ1) is 12.0. The van der Waals surface area contributed by atoms with E-state index in [-0.39, 0.29) is 18.4 Å². The first kappa shape index (κ1) is 18.5. The molecular weight excluding hydrogens is 320 g/mol. The summed E-state index contributed by atoms with van der Waals surface area (Å²) in [5.41, 5.74) is 2.08. The Balaban J connectivity index is 1.95. The van der Waals surface area contributed by atoms with Crippen LogP contribution in [0.1, 0.15) is 15.9 Å². The molecule has 6 heteroatoms. The smallest absolute Gasteiger partial charge is 0.254 e. The number of benzene rings is 2. The van der Waals surface area contributed by atoms with Crippen LogP contribution in [0.25, 0.3) is 0 Å². The molecule has 0 fully saturated rings. The Morgan fingerprint density at radius 1 is 1.08 bits per heavy atom. The van der Waals surface area contributed by atoms with Crippen LogP contribution in [0.15, 0.2) is 48.5 Å². The topological polar surface area (TPSA) is 67.9 Å². The summed E-state index contributed by atoms with van der Waals surface area (Å²) in [6.07, 6.45) is 0. The van der Waals surface area contributed by atoms with Crippen LogP contribution in [0, 0.1) is 0 Å². The van der Waals surface area contributed by atoms with Gasteiger partial charge in [0.05, 0.1) is 20.3 Å². The van der Waals surface area contributed by atoms with Gasteiger partial charge in [0.2, 0.25) is 5.91 Å². The lowest BCUT2D eigenvalue weighted by molar-refractivity contribution is -0.116. The Kier molecular flexibility index (Phi) is 6.54. The number of anilines is 1. The summed E-state index contributed by atoms with van der Waals surface area (Å²) < 4.78 is 10.1. The minimum atomic E-state index is -0.269. The number of rotatable bonds is 7. The molecule has 0 aliphatic heterocycles. The summed E-state index contributed by atoms with van der Waals surface area (Å²) in [5.74, 6) is 0.220. The molecule has 0 aromatic heterocycles. The molecule has 0 spiro atoms. The minimum absolute atomic E-state index is 0.0423. The normalized spacial score (nSPS) is 10.2. The van der Waals surface area contributed by atoms with Crippen molar-refractivity contribution in [1.82, 2.24) is 4.90 Å². The van der Waals surface area contributed by atoms with E-state index in [1.165, 1.54) is 4.90 Å². The lowest BCUT2D eigenvalue weighted by Gasteiger charge is -2.17. The zero-order chi connectivity index (χ0) is 18.2. The largest absolute Gasteiger partial charge is 0.497 e. The highest BCUT2D eigenvalue weighted by atomic mass is 16.5. The van der Waals surface area contributed by atoms with Crippen LogP contribution in [-0.4, -0.2) is 44.5 Å². The maximum Gasteiger partial charge on any atom is 0.254 e. The van der Waals surface area contributed by atoms with Crippen molar-refractivity contribution in [3.8, 4) is 5.75 Å². The van der Waals surface area contributed by atoms with Gasteiger partial charge in [0.1, 0.15) is 5.75 Å². The standard InChI is InChI=1S/C19H22N2O4/c1-21(19(23)15-6-4-5-14(11-15)13-24-2)12-18(22)20-16-7-9-17(25-3)10-8-16/h4-11H,12-13H2,1-3H3,(H,20,22). The number of amides is 2. The van der Waals surface area contributed by atoms with Gasteiger partial charge in [-0.15, -0.1) is 0 Å². The second-order valence-corrected chi connectivity index (χ2v) is 5.57. The second kappa shape index (κ2) is 8.84. The van der Waals surface area contributed by atoms with Crippen molar-refractivity contribution in [2.24, 2.45) is 0 Å². The van der Waals surface area contributed by atoms with Crippen molar-refractivity contribution in [1.29, 1.82) is 0 Å². The number of hydrogen-bond acceptors (Lipinski definition) is 4. The zero-order valence-corrected chi connectivity index (χ0v) is 14.6. The third-order valence-electron chi connectivity index (χ3n) is 3.59. The lowest BCUT2D eigenvalue weighted by Crippen LogP contribution is -2.35. The summed E-state index contributed by atoms with van der Waals surface area (Å²) in [6, 6.07) is 14.2. The van der Waals surface area contributed by atoms with E-state index >= 15 is 0 Å². The fourth-order valence-electron chi connectivity index (χ4n) is 2.34. The van der Waals surface area contributed by atoms with E-state index in [1.54, 1.807) is 63.7 Å². The summed E-state index contributed by atoms with van der Waals surface area (Å²) in [4.78, 5) is 26.0. The van der Waals surface area contributed by atoms with Crippen LogP contribution in [0.2, 0.25) is 0 Å². The van der Waals surface area contributed by atoms with Crippen molar-refractivity contribution in [3.05, 3.63) is 59.7 Å². The molecule has 0 aliphatic rings. The fourth-order valence-corrected chi connectivity index (χ4v) is 2.34. The Bertz CT molecular complexity index is 728. The van der Waals surface area contributed by atoms with E-state index in [2.05, 4.69) is 5.32 Å². The van der Waals surface area contributed by atoms with Crippen LogP contribution in [0.3, 0.4) is 0 Å². The quantitative estimate of drug-likeness (QED) is 0.840. The highest BCUT2D eigenvalue weighted by molar-refractivity contribution is 5.99. The van der Waals surface area contributed by atoms with Crippen molar-refractivity contribution in [2.75, 3.05) is 33.1 Å². The van der Waals surface area contributed by atoms with Gasteiger partial charge in [-0.1, -0.05) is 12.1 Å². The Hall–Kier alpha value is -2.86. The van der Waals surface area contributed by atoms with Gasteiger partial charge < -0.3 is 19.7 Å². The molecule has 2 aromatic carbocycles. The SMILES string of the molecule is COCc1cccc(C(=O)N(C)CC(=O)Nc2ccc(OC)cc2)c1. The third-order valence-corrected chi connectivity index (χ3v) is 3.59. The van der Waals surface area contributed by atoms with E-state index in [1.807, 2.05) is 6.07 Å². The molecule has 0 radical (unpaired) electrons. The molecule has 0 aliphatic carbocycles. The van der Waals surface area contributed by atoms with E-state index in [9.17, 15) is 9.59 Å². The first-order valence-corrected chi connectivity index (χ1v) is 7.80. The maximum absolute atomic E-state index is 12.5. The van der Waals surface area contributed by atoms with Gasteiger partial charge in [-0.3, -0.25) is 9.59 Å². The Labute approximate surface area is 147 Å². The van der Waals surface area contributed by atoms with Gasteiger partial charge in [-0.2, -0.15) is 0 Å². The molecule has 2 aromatic rings. The highest BCUT2D eigenvalue weighted by Crippen LogP contribution is 2.15. The lowest BCUT2D eigenvalue weighted by atomic mass is 10.1. The van der Waals surface area contributed by atoms with Gasteiger partial charge >= 0.3 is 0 Å². The molecule has 0 heterocycles. The molecular formula is C19H22N2O4. The molecule has 0 saturated carbocycles. The van der Waals surface area contributed by atoms with Crippen LogP contribution in [-0.2, 0) is 16.1 Å². The molecule has 25 heavy (non-hydrogen) atoms. The van der Waals surface area contributed by atoms with Crippen molar-refractivity contribution in [2.45, 2.75) is 6.61 Å². The Morgan fingerprint density at radius 3 is 2.44 bits per heavy atom. The molecule has 0 bridgehead atoms. The Morgan fingerprint density at radius 2 is 1.80 bits per heavy atom. The summed E-state index contributed by atoms with van der Waals surface area (Å²) in [7, 11) is 4.78. The maximum atomic E-state index is 12.5. The zero-order valence-electron chi connectivity index (χ0n) is 14.6. The first-order valence-electron chi connectivity index (χ1n) is 7.80. The molecule has 0 atom stereocenters. The molecule has 0 unspecified atom stereocenters. The van der Waals surface area contributed by atoms with Gasteiger partial charge in [-0.05, 0) is 42.0 Å². The fraction of sp³-hybridized carbons (Fsp3) is 0.263. The number of nitrogens with one attached hydrogen (secondary N) is 1. The van der Waals surface area contributed by atoms with Crippen LogP contribution in [0.5, 0.6) is 5.75 Å². The number of ether oxygens (including phenoxy) is 2. The average Bonchev–Trinajstić information content (AvgIpc) is 2.62. The number of likely N-dealkylation sites (N-methyl/N-ethyl adjacent to an activating group) is 1. The molecule has 2 rings (SSSR count). The van der Waals surface area contributed by atoms with Gasteiger partial charge in [0.25, 0.3) is 5.91 Å². The number of carbonyl (C=O) groups is 2. The van der Waals surface area contributed by atoms with E-state index in [0.717, 1.165) is 5.56 Å². The van der Waals surface area contributed by atoms with E-state index in [4.69, 9.17) is 9.47 Å². The summed E-state index contributed by atoms with van der Waals surface area (Å²) >= 11 is 0. The molecule has 0 saturated heterocycles. The third kappa shape index (κ3) is 5.32.